The predicted octanol–water partition coefficient (Wildman–Crippen LogP) is 0.668. The molecule has 1 aliphatic rings. The fraction of sp³-hybridized carbons (Fsp3) is 0.538. The van der Waals surface area contributed by atoms with Crippen molar-refractivity contribution in [2.75, 3.05) is 12.0 Å². The van der Waals surface area contributed by atoms with Crippen LogP contribution >= 0.6 is 0 Å². The van der Waals surface area contributed by atoms with E-state index in [-0.39, 0.29) is 11.8 Å². The Kier molecular flexibility index (Phi) is 4.04. The summed E-state index contributed by atoms with van der Waals surface area (Å²) in [5.74, 6) is 6.16. The van der Waals surface area contributed by atoms with Crippen molar-refractivity contribution in [1.29, 1.82) is 0 Å². The lowest BCUT2D eigenvalue weighted by atomic mass is 9.95. The molecule has 0 aromatic heterocycles. The Hall–Kier alpha value is -0.910. The summed E-state index contributed by atoms with van der Waals surface area (Å²) in [6.07, 6.45) is 3.81. The Bertz CT molecular complexity index is 488. The molecule has 0 saturated carbocycles. The van der Waals surface area contributed by atoms with Gasteiger partial charge in [-0.2, -0.15) is 0 Å². The molecule has 5 heteroatoms. The molecule has 1 aromatic rings. The maximum absolute atomic E-state index is 11.2. The number of benzene rings is 1. The second kappa shape index (κ2) is 5.38. The van der Waals surface area contributed by atoms with E-state index in [9.17, 15) is 8.42 Å². The van der Waals surface area contributed by atoms with E-state index in [4.69, 9.17) is 5.84 Å². The minimum atomic E-state index is -2.92. The van der Waals surface area contributed by atoms with E-state index in [1.807, 2.05) is 12.1 Å². The number of sulfone groups is 1. The normalized spacial score (nSPS) is 17.7. The number of nitrogens with one attached hydrogen (secondary N) is 1. The molecule has 4 nitrogen and oxygen atoms in total. The Morgan fingerprint density at radius 3 is 2.33 bits per heavy atom. The van der Waals surface area contributed by atoms with Crippen molar-refractivity contribution in [3.05, 3.63) is 35.4 Å². The van der Waals surface area contributed by atoms with Gasteiger partial charge in [0.1, 0.15) is 9.84 Å². The van der Waals surface area contributed by atoms with Gasteiger partial charge in [0.05, 0.1) is 5.75 Å². The number of hydrazine groups is 1. The van der Waals surface area contributed by atoms with E-state index in [0.717, 1.165) is 12.8 Å². The maximum atomic E-state index is 11.2. The van der Waals surface area contributed by atoms with Gasteiger partial charge >= 0.3 is 0 Å². The lowest BCUT2D eigenvalue weighted by molar-refractivity contribution is 0.360. The summed E-state index contributed by atoms with van der Waals surface area (Å²) in [5, 5.41) is 0. The van der Waals surface area contributed by atoms with Crippen LogP contribution in [0, 0.1) is 5.92 Å². The highest BCUT2D eigenvalue weighted by Crippen LogP contribution is 2.29. The molecule has 0 heterocycles. The van der Waals surface area contributed by atoms with E-state index in [1.165, 1.54) is 17.4 Å². The molecular formula is C13H20N2O2S. The Morgan fingerprint density at radius 2 is 1.89 bits per heavy atom. The Morgan fingerprint density at radius 1 is 1.33 bits per heavy atom. The molecule has 18 heavy (non-hydrogen) atoms. The molecule has 0 saturated heterocycles. The average Bonchev–Trinajstić information content (AvgIpc) is 2.71. The van der Waals surface area contributed by atoms with Crippen LogP contribution in [0.2, 0.25) is 0 Å². The van der Waals surface area contributed by atoms with Gasteiger partial charge in [0, 0.05) is 12.3 Å². The number of hydrogen-bond acceptors (Lipinski definition) is 4. The highest BCUT2D eigenvalue weighted by molar-refractivity contribution is 7.90. The fourth-order valence-electron chi connectivity index (χ4n) is 2.67. The molecule has 100 valence electrons. The van der Waals surface area contributed by atoms with Crippen molar-refractivity contribution in [1.82, 2.24) is 5.43 Å². The van der Waals surface area contributed by atoms with E-state index >= 15 is 0 Å². The van der Waals surface area contributed by atoms with E-state index in [2.05, 4.69) is 17.6 Å². The van der Waals surface area contributed by atoms with E-state index in [1.54, 1.807) is 0 Å². The number of fused-ring (bicyclic) bond motifs is 1. The van der Waals surface area contributed by atoms with Crippen LogP contribution in [-0.4, -0.2) is 26.5 Å². The molecule has 0 aliphatic heterocycles. The van der Waals surface area contributed by atoms with Crippen molar-refractivity contribution >= 4 is 9.84 Å². The minimum Gasteiger partial charge on any atom is -0.271 e. The highest BCUT2D eigenvalue weighted by atomic mass is 32.2. The first-order chi connectivity index (χ1) is 8.49. The van der Waals surface area contributed by atoms with Crippen LogP contribution in [0.4, 0.5) is 0 Å². The zero-order valence-electron chi connectivity index (χ0n) is 10.6. The first kappa shape index (κ1) is 13.5. The van der Waals surface area contributed by atoms with Gasteiger partial charge < -0.3 is 0 Å². The van der Waals surface area contributed by atoms with Crippen LogP contribution in [0.3, 0.4) is 0 Å². The van der Waals surface area contributed by atoms with Gasteiger partial charge in [-0.15, -0.1) is 0 Å². The van der Waals surface area contributed by atoms with Crippen molar-refractivity contribution in [3.63, 3.8) is 0 Å². The predicted molar refractivity (Wildman–Crippen MR) is 72.8 cm³/mol. The van der Waals surface area contributed by atoms with Gasteiger partial charge in [-0.1, -0.05) is 24.3 Å². The number of hydrogen-bond donors (Lipinski definition) is 2. The molecule has 0 radical (unpaired) electrons. The summed E-state index contributed by atoms with van der Waals surface area (Å²) in [7, 11) is -2.92. The van der Waals surface area contributed by atoms with E-state index in [0.29, 0.717) is 12.3 Å². The van der Waals surface area contributed by atoms with Crippen molar-refractivity contribution in [3.8, 4) is 0 Å². The summed E-state index contributed by atoms with van der Waals surface area (Å²) >= 11 is 0. The molecule has 0 amide bonds. The average molecular weight is 268 g/mol. The van der Waals surface area contributed by atoms with Gasteiger partial charge in [-0.3, -0.25) is 11.3 Å². The molecule has 0 spiro atoms. The molecule has 3 N–H and O–H groups in total. The molecular weight excluding hydrogens is 248 g/mol. The first-order valence-corrected chi connectivity index (χ1v) is 8.26. The molecule has 1 atom stereocenters. The smallest absolute Gasteiger partial charge is 0.147 e. The third-order valence-electron chi connectivity index (χ3n) is 3.67. The van der Waals surface area contributed by atoms with Gasteiger partial charge in [0.15, 0.2) is 0 Å². The molecule has 1 aromatic carbocycles. The van der Waals surface area contributed by atoms with Crippen LogP contribution in [0.15, 0.2) is 24.3 Å². The van der Waals surface area contributed by atoms with Crippen LogP contribution in [0.5, 0.6) is 0 Å². The third-order valence-corrected chi connectivity index (χ3v) is 4.64. The Balaban J connectivity index is 2.00. The molecule has 1 aliphatic carbocycles. The van der Waals surface area contributed by atoms with Gasteiger partial charge in [0.2, 0.25) is 0 Å². The van der Waals surface area contributed by atoms with Gasteiger partial charge in [-0.25, -0.2) is 8.42 Å². The molecule has 0 bridgehead atoms. The van der Waals surface area contributed by atoms with Crippen LogP contribution in [0.1, 0.15) is 17.5 Å². The maximum Gasteiger partial charge on any atom is 0.147 e. The lowest BCUT2D eigenvalue weighted by Crippen LogP contribution is -2.42. The second-order valence-corrected chi connectivity index (χ2v) is 7.39. The Labute approximate surface area is 108 Å². The first-order valence-electron chi connectivity index (χ1n) is 6.20. The topological polar surface area (TPSA) is 72.2 Å². The SMILES string of the molecule is CS(=O)(=O)CCC(NN)C1Cc2ccccc2C1. The van der Waals surface area contributed by atoms with E-state index < -0.39 is 9.84 Å². The van der Waals surface area contributed by atoms with Crippen molar-refractivity contribution in [2.45, 2.75) is 25.3 Å². The molecule has 1 unspecified atom stereocenters. The van der Waals surface area contributed by atoms with Gasteiger partial charge in [-0.05, 0) is 36.3 Å². The quantitative estimate of drug-likeness (QED) is 0.608. The summed E-state index contributed by atoms with van der Waals surface area (Å²) < 4.78 is 22.4. The van der Waals surface area contributed by atoms with Crippen molar-refractivity contribution in [2.24, 2.45) is 11.8 Å². The zero-order chi connectivity index (χ0) is 13.2. The fourth-order valence-corrected chi connectivity index (χ4v) is 3.36. The summed E-state index contributed by atoms with van der Waals surface area (Å²) in [6, 6.07) is 8.43. The van der Waals surface area contributed by atoms with Crippen LogP contribution in [0.25, 0.3) is 0 Å². The highest BCUT2D eigenvalue weighted by Gasteiger charge is 2.28. The monoisotopic (exact) mass is 268 g/mol. The van der Waals surface area contributed by atoms with Crippen LogP contribution in [-0.2, 0) is 22.7 Å². The minimum absolute atomic E-state index is 0.0622. The third kappa shape index (κ3) is 3.31. The lowest BCUT2D eigenvalue weighted by Gasteiger charge is -2.22. The number of nitrogens with two attached hydrogens (primary N) is 1. The van der Waals surface area contributed by atoms with Gasteiger partial charge in [0.25, 0.3) is 0 Å². The van der Waals surface area contributed by atoms with Crippen molar-refractivity contribution < 1.29 is 8.42 Å². The zero-order valence-corrected chi connectivity index (χ0v) is 11.4. The van der Waals surface area contributed by atoms with Crippen LogP contribution < -0.4 is 11.3 Å². The molecule has 0 fully saturated rings. The molecule has 2 rings (SSSR count). The summed E-state index contributed by atoms with van der Waals surface area (Å²) in [5.41, 5.74) is 5.51. The summed E-state index contributed by atoms with van der Waals surface area (Å²) in [4.78, 5) is 0. The second-order valence-electron chi connectivity index (χ2n) is 5.13. The number of rotatable bonds is 5. The largest absolute Gasteiger partial charge is 0.271 e. The summed E-state index contributed by atoms with van der Waals surface area (Å²) in [6.45, 7) is 0. The standard InChI is InChI=1S/C13H20N2O2S/c1-18(16,17)7-6-13(15-14)12-8-10-4-2-3-5-11(10)9-12/h2-5,12-13,15H,6-9,14H2,1H3.